The summed E-state index contributed by atoms with van der Waals surface area (Å²) in [5, 5.41) is 2.73. The topological polar surface area (TPSA) is 58.6 Å². The van der Waals surface area contributed by atoms with Crippen LogP contribution >= 0.6 is 0 Å². The fraction of sp³-hybridized carbons (Fsp3) is 0.529. The largest absolute Gasteiger partial charge is 0.378 e. The number of hydrogen-bond acceptors (Lipinski definition) is 3. The van der Waals surface area contributed by atoms with Crippen LogP contribution in [-0.4, -0.2) is 37.6 Å². The van der Waals surface area contributed by atoms with Gasteiger partial charge in [0.05, 0.1) is 19.1 Å². The molecule has 2 heterocycles. The number of nitrogens with zero attached hydrogens (tertiary/aromatic N) is 1. The predicted octanol–water partition coefficient (Wildman–Crippen LogP) is 1.65. The number of fused-ring (bicyclic) bond motifs is 1. The maximum Gasteiger partial charge on any atom is 0.246 e. The molecule has 0 aliphatic carbocycles. The van der Waals surface area contributed by atoms with E-state index < -0.39 is 0 Å². The summed E-state index contributed by atoms with van der Waals surface area (Å²) in [6, 6.07) is 7.97. The van der Waals surface area contributed by atoms with Crippen LogP contribution in [0.2, 0.25) is 0 Å². The SMILES string of the molecule is O=C(C[C@H]1CCCO1)NCC(=O)N1CCCc2ccccc21. The molecule has 1 aromatic rings. The van der Waals surface area contributed by atoms with Gasteiger partial charge >= 0.3 is 0 Å². The van der Waals surface area contributed by atoms with Gasteiger partial charge in [0.1, 0.15) is 0 Å². The Morgan fingerprint density at radius 1 is 1.27 bits per heavy atom. The minimum Gasteiger partial charge on any atom is -0.378 e. The lowest BCUT2D eigenvalue weighted by molar-refractivity contribution is -0.126. The third-order valence-corrected chi connectivity index (χ3v) is 4.29. The van der Waals surface area contributed by atoms with E-state index in [1.54, 1.807) is 4.90 Å². The van der Waals surface area contributed by atoms with Crippen molar-refractivity contribution < 1.29 is 14.3 Å². The standard InChI is InChI=1S/C17H22N2O3/c20-16(11-14-7-4-10-22-14)18-12-17(21)19-9-3-6-13-5-1-2-8-15(13)19/h1-2,5,8,14H,3-4,6-7,9-12H2,(H,18,20)/t14-/m1/s1. The molecule has 1 N–H and O–H groups in total. The number of ether oxygens (including phenoxy) is 1. The van der Waals surface area contributed by atoms with Crippen LogP contribution in [0.15, 0.2) is 24.3 Å². The molecule has 0 bridgehead atoms. The molecule has 5 nitrogen and oxygen atoms in total. The van der Waals surface area contributed by atoms with Crippen LogP contribution in [0.5, 0.6) is 0 Å². The van der Waals surface area contributed by atoms with Crippen molar-refractivity contribution in [3.8, 4) is 0 Å². The molecule has 1 fully saturated rings. The van der Waals surface area contributed by atoms with Gasteiger partial charge in [-0.2, -0.15) is 0 Å². The Morgan fingerprint density at radius 2 is 2.14 bits per heavy atom. The number of rotatable bonds is 4. The van der Waals surface area contributed by atoms with Gasteiger partial charge in [-0.05, 0) is 37.3 Å². The van der Waals surface area contributed by atoms with Crippen LogP contribution in [0.1, 0.15) is 31.2 Å². The number of para-hydroxylation sites is 1. The summed E-state index contributed by atoms with van der Waals surface area (Å²) in [6.45, 7) is 1.51. The van der Waals surface area contributed by atoms with E-state index in [-0.39, 0.29) is 24.5 Å². The van der Waals surface area contributed by atoms with Gasteiger partial charge < -0.3 is 15.0 Å². The van der Waals surface area contributed by atoms with Gasteiger partial charge in [-0.25, -0.2) is 0 Å². The van der Waals surface area contributed by atoms with Crippen molar-refractivity contribution in [3.05, 3.63) is 29.8 Å². The Balaban J connectivity index is 1.53. The molecule has 1 aromatic carbocycles. The molecule has 0 unspecified atom stereocenters. The highest BCUT2D eigenvalue weighted by Gasteiger charge is 2.23. The average Bonchev–Trinajstić information content (AvgIpc) is 3.05. The molecule has 0 saturated carbocycles. The summed E-state index contributed by atoms with van der Waals surface area (Å²) in [4.78, 5) is 26.0. The van der Waals surface area contributed by atoms with E-state index in [4.69, 9.17) is 4.74 Å². The monoisotopic (exact) mass is 302 g/mol. The van der Waals surface area contributed by atoms with Gasteiger partial charge in [0.15, 0.2) is 0 Å². The summed E-state index contributed by atoms with van der Waals surface area (Å²) < 4.78 is 5.44. The summed E-state index contributed by atoms with van der Waals surface area (Å²) in [5.74, 6) is -0.154. The average molecular weight is 302 g/mol. The smallest absolute Gasteiger partial charge is 0.246 e. The number of carbonyl (C=O) groups is 2. The number of amides is 2. The first-order valence-corrected chi connectivity index (χ1v) is 8.00. The van der Waals surface area contributed by atoms with Crippen molar-refractivity contribution in [1.29, 1.82) is 0 Å². The number of benzene rings is 1. The number of anilines is 1. The van der Waals surface area contributed by atoms with Gasteiger partial charge in [0, 0.05) is 18.8 Å². The van der Waals surface area contributed by atoms with Crippen LogP contribution in [-0.2, 0) is 20.7 Å². The lowest BCUT2D eigenvalue weighted by atomic mass is 10.0. The Morgan fingerprint density at radius 3 is 2.95 bits per heavy atom. The number of aryl methyl sites for hydroxylation is 1. The van der Waals surface area contributed by atoms with Gasteiger partial charge in [0.25, 0.3) is 0 Å². The lowest BCUT2D eigenvalue weighted by Crippen LogP contribution is -2.43. The molecule has 2 aliphatic heterocycles. The molecule has 0 spiro atoms. The van der Waals surface area contributed by atoms with E-state index >= 15 is 0 Å². The minimum atomic E-state index is -0.106. The first kappa shape index (κ1) is 15.0. The van der Waals surface area contributed by atoms with E-state index in [9.17, 15) is 9.59 Å². The molecule has 1 atom stereocenters. The van der Waals surface area contributed by atoms with Crippen molar-refractivity contribution in [2.75, 3.05) is 24.6 Å². The molecule has 118 valence electrons. The van der Waals surface area contributed by atoms with Gasteiger partial charge in [0.2, 0.25) is 11.8 Å². The van der Waals surface area contributed by atoms with Crippen LogP contribution in [0.4, 0.5) is 5.69 Å². The number of carbonyl (C=O) groups excluding carboxylic acids is 2. The van der Waals surface area contributed by atoms with Crippen molar-refractivity contribution in [2.45, 2.75) is 38.2 Å². The van der Waals surface area contributed by atoms with E-state index in [1.807, 2.05) is 18.2 Å². The fourth-order valence-electron chi connectivity index (χ4n) is 3.15. The van der Waals surface area contributed by atoms with Gasteiger partial charge in [-0.15, -0.1) is 0 Å². The van der Waals surface area contributed by atoms with Crippen LogP contribution < -0.4 is 10.2 Å². The lowest BCUT2D eigenvalue weighted by Gasteiger charge is -2.29. The van der Waals surface area contributed by atoms with Gasteiger partial charge in [-0.3, -0.25) is 9.59 Å². The molecule has 1 saturated heterocycles. The molecule has 22 heavy (non-hydrogen) atoms. The highest BCUT2D eigenvalue weighted by molar-refractivity contribution is 5.97. The quantitative estimate of drug-likeness (QED) is 0.920. The molecule has 0 aromatic heterocycles. The highest BCUT2D eigenvalue weighted by Crippen LogP contribution is 2.26. The number of nitrogens with one attached hydrogen (secondary N) is 1. The van der Waals surface area contributed by atoms with Crippen LogP contribution in [0, 0.1) is 0 Å². The molecular formula is C17H22N2O3. The zero-order valence-corrected chi connectivity index (χ0v) is 12.7. The first-order chi connectivity index (χ1) is 10.7. The second-order valence-electron chi connectivity index (χ2n) is 5.89. The molecule has 2 amide bonds. The summed E-state index contributed by atoms with van der Waals surface area (Å²) >= 11 is 0. The molecule has 3 rings (SSSR count). The zero-order valence-electron chi connectivity index (χ0n) is 12.7. The molecule has 0 radical (unpaired) electrons. The van der Waals surface area contributed by atoms with E-state index in [2.05, 4.69) is 11.4 Å². The number of hydrogen-bond donors (Lipinski definition) is 1. The van der Waals surface area contributed by atoms with Crippen molar-refractivity contribution in [2.24, 2.45) is 0 Å². The molecule has 2 aliphatic rings. The second-order valence-corrected chi connectivity index (χ2v) is 5.89. The molecule has 5 heteroatoms. The van der Waals surface area contributed by atoms with Crippen molar-refractivity contribution in [3.63, 3.8) is 0 Å². The van der Waals surface area contributed by atoms with Crippen molar-refractivity contribution >= 4 is 17.5 Å². The maximum absolute atomic E-state index is 12.4. The van der Waals surface area contributed by atoms with E-state index in [1.165, 1.54) is 5.56 Å². The van der Waals surface area contributed by atoms with Gasteiger partial charge in [-0.1, -0.05) is 18.2 Å². The van der Waals surface area contributed by atoms with Crippen LogP contribution in [0.3, 0.4) is 0 Å². The summed E-state index contributed by atoms with van der Waals surface area (Å²) in [7, 11) is 0. The maximum atomic E-state index is 12.4. The fourth-order valence-corrected chi connectivity index (χ4v) is 3.15. The Labute approximate surface area is 130 Å². The second kappa shape index (κ2) is 6.92. The third-order valence-electron chi connectivity index (χ3n) is 4.29. The highest BCUT2D eigenvalue weighted by atomic mass is 16.5. The van der Waals surface area contributed by atoms with Crippen LogP contribution in [0.25, 0.3) is 0 Å². The van der Waals surface area contributed by atoms with E-state index in [0.717, 1.165) is 44.5 Å². The predicted molar refractivity (Wildman–Crippen MR) is 83.7 cm³/mol. The minimum absolute atomic E-state index is 0.0193. The zero-order chi connectivity index (χ0) is 15.4. The Hall–Kier alpha value is -1.88. The van der Waals surface area contributed by atoms with Crippen molar-refractivity contribution in [1.82, 2.24) is 5.32 Å². The Kier molecular flexibility index (Phi) is 4.73. The summed E-state index contributed by atoms with van der Waals surface area (Å²) in [6.07, 6.45) is 4.29. The Bertz CT molecular complexity index is 553. The third kappa shape index (κ3) is 3.47. The summed E-state index contributed by atoms with van der Waals surface area (Å²) in [5.41, 5.74) is 2.18. The van der Waals surface area contributed by atoms with E-state index in [0.29, 0.717) is 6.42 Å². The molecular weight excluding hydrogens is 280 g/mol. The normalized spacial score (nSPS) is 20.5. The first-order valence-electron chi connectivity index (χ1n) is 8.00.